The fourth-order valence-corrected chi connectivity index (χ4v) is 3.47. The quantitative estimate of drug-likeness (QED) is 0.356. The molecule has 0 amide bonds. The molecule has 1 atom stereocenters. The lowest BCUT2D eigenvalue weighted by Gasteiger charge is -2.10. The van der Waals surface area contributed by atoms with E-state index in [-0.39, 0.29) is 11.5 Å². The molecule has 8 nitrogen and oxygen atoms in total. The molecular weight excluding hydrogens is 446 g/mol. The zero-order valence-electron chi connectivity index (χ0n) is 18.0. The maximum atomic E-state index is 12.9. The standard InChI is InChI=1S/C24H23NO7S/c1-17(24(27)28)31-21-8-3-6-18(16-21)7-4-14-25-15-5-9-22(25)23(26)19-10-12-20(13-11-19)32-33(2,29)30/h3-13,15-17H,14H2,1-2H3,(H,27,28)/t17-/m0/s1. The second kappa shape index (κ2) is 10.2. The fraction of sp³-hybridized carbons (Fsp3) is 0.167. The van der Waals surface area contributed by atoms with Crippen LogP contribution in [0.15, 0.2) is 72.9 Å². The number of rotatable bonds is 10. The van der Waals surface area contributed by atoms with Gasteiger partial charge in [0.2, 0.25) is 5.78 Å². The van der Waals surface area contributed by atoms with Crippen LogP contribution in [-0.2, 0) is 21.5 Å². The van der Waals surface area contributed by atoms with Gasteiger partial charge in [-0.05, 0) is 61.0 Å². The summed E-state index contributed by atoms with van der Waals surface area (Å²) in [5.41, 5.74) is 1.70. The summed E-state index contributed by atoms with van der Waals surface area (Å²) < 4.78 is 34.4. The molecule has 0 radical (unpaired) electrons. The normalized spacial score (nSPS) is 12.4. The molecule has 1 heterocycles. The van der Waals surface area contributed by atoms with Crippen molar-refractivity contribution in [1.29, 1.82) is 0 Å². The van der Waals surface area contributed by atoms with Gasteiger partial charge in [0.05, 0.1) is 11.9 Å². The van der Waals surface area contributed by atoms with Gasteiger partial charge >= 0.3 is 16.1 Å². The average Bonchev–Trinajstić information content (AvgIpc) is 3.21. The van der Waals surface area contributed by atoms with Crippen molar-refractivity contribution >= 4 is 27.9 Å². The maximum Gasteiger partial charge on any atom is 0.344 e. The summed E-state index contributed by atoms with van der Waals surface area (Å²) in [6.07, 6.45) is 5.51. The lowest BCUT2D eigenvalue weighted by Crippen LogP contribution is -2.22. The fourth-order valence-electron chi connectivity index (χ4n) is 3.01. The van der Waals surface area contributed by atoms with Crippen LogP contribution in [-0.4, -0.2) is 42.2 Å². The number of allylic oxidation sites excluding steroid dienone is 1. The van der Waals surface area contributed by atoms with E-state index in [0.29, 0.717) is 23.6 Å². The van der Waals surface area contributed by atoms with Crippen LogP contribution in [0.1, 0.15) is 28.5 Å². The maximum absolute atomic E-state index is 12.9. The molecule has 9 heteroatoms. The van der Waals surface area contributed by atoms with Crippen molar-refractivity contribution < 1.29 is 32.0 Å². The van der Waals surface area contributed by atoms with Crippen LogP contribution >= 0.6 is 0 Å². The van der Waals surface area contributed by atoms with Crippen molar-refractivity contribution in [3.05, 3.63) is 89.8 Å². The van der Waals surface area contributed by atoms with Crippen molar-refractivity contribution in [2.24, 2.45) is 0 Å². The lowest BCUT2D eigenvalue weighted by molar-refractivity contribution is -0.144. The molecule has 0 spiro atoms. The zero-order chi connectivity index (χ0) is 24.0. The first-order chi connectivity index (χ1) is 15.6. The highest BCUT2D eigenvalue weighted by atomic mass is 32.2. The summed E-state index contributed by atoms with van der Waals surface area (Å²) >= 11 is 0. The number of aliphatic carboxylic acids is 1. The monoisotopic (exact) mass is 469 g/mol. The molecule has 0 bridgehead atoms. The third-order valence-corrected chi connectivity index (χ3v) is 5.05. The summed E-state index contributed by atoms with van der Waals surface area (Å²) in [5.74, 6) is -0.667. The topological polar surface area (TPSA) is 112 Å². The van der Waals surface area contributed by atoms with E-state index >= 15 is 0 Å². The highest BCUT2D eigenvalue weighted by molar-refractivity contribution is 7.86. The van der Waals surface area contributed by atoms with Crippen LogP contribution in [0.2, 0.25) is 0 Å². The van der Waals surface area contributed by atoms with Crippen molar-refractivity contribution in [2.75, 3.05) is 6.26 Å². The summed E-state index contributed by atoms with van der Waals surface area (Å²) in [6.45, 7) is 1.89. The molecule has 33 heavy (non-hydrogen) atoms. The van der Waals surface area contributed by atoms with E-state index in [1.807, 2.05) is 18.2 Å². The molecule has 0 saturated heterocycles. The first-order valence-electron chi connectivity index (χ1n) is 9.98. The number of benzene rings is 2. The number of carbonyl (C=O) groups is 2. The van der Waals surface area contributed by atoms with E-state index in [9.17, 15) is 18.0 Å². The van der Waals surface area contributed by atoms with Gasteiger partial charge in [-0.25, -0.2) is 4.79 Å². The second-order valence-corrected chi connectivity index (χ2v) is 8.83. The van der Waals surface area contributed by atoms with E-state index in [1.165, 1.54) is 31.2 Å². The van der Waals surface area contributed by atoms with Crippen LogP contribution < -0.4 is 8.92 Å². The minimum atomic E-state index is -3.64. The highest BCUT2D eigenvalue weighted by Crippen LogP contribution is 2.18. The zero-order valence-corrected chi connectivity index (χ0v) is 18.9. The predicted octanol–water partition coefficient (Wildman–Crippen LogP) is 3.62. The van der Waals surface area contributed by atoms with Crippen LogP contribution in [0, 0.1) is 0 Å². The minimum absolute atomic E-state index is 0.135. The second-order valence-electron chi connectivity index (χ2n) is 7.26. The molecule has 0 aliphatic rings. The Morgan fingerprint density at radius 3 is 2.45 bits per heavy atom. The summed E-state index contributed by atoms with van der Waals surface area (Å²) in [5, 5.41) is 8.97. The Balaban J connectivity index is 1.68. The third-order valence-electron chi connectivity index (χ3n) is 4.56. The molecule has 3 rings (SSSR count). The van der Waals surface area contributed by atoms with E-state index in [0.717, 1.165) is 11.8 Å². The van der Waals surface area contributed by atoms with Crippen LogP contribution in [0.4, 0.5) is 0 Å². The van der Waals surface area contributed by atoms with Crippen molar-refractivity contribution in [2.45, 2.75) is 19.6 Å². The van der Waals surface area contributed by atoms with Crippen LogP contribution in [0.25, 0.3) is 6.08 Å². The van der Waals surface area contributed by atoms with Gasteiger partial charge in [0.1, 0.15) is 11.5 Å². The highest BCUT2D eigenvalue weighted by Gasteiger charge is 2.14. The minimum Gasteiger partial charge on any atom is -0.479 e. The third kappa shape index (κ3) is 6.81. The number of ether oxygens (including phenoxy) is 1. The SMILES string of the molecule is C[C@H](Oc1cccc(C=CCn2cccc2C(=O)c2ccc(OS(C)(=O)=O)cc2)c1)C(=O)O. The Morgan fingerprint density at radius 1 is 1.06 bits per heavy atom. The first kappa shape index (κ1) is 23.8. The summed E-state index contributed by atoms with van der Waals surface area (Å²) in [6, 6.07) is 16.4. The van der Waals surface area contributed by atoms with Gasteiger partial charge in [-0.2, -0.15) is 8.42 Å². The molecule has 1 aromatic heterocycles. The number of hydrogen-bond acceptors (Lipinski definition) is 6. The van der Waals surface area contributed by atoms with Gasteiger partial charge in [0, 0.05) is 18.3 Å². The molecule has 1 N–H and O–H groups in total. The van der Waals surface area contributed by atoms with E-state index in [4.69, 9.17) is 14.0 Å². The molecular formula is C24H23NO7S. The molecule has 0 fully saturated rings. The number of carboxylic acid groups (broad SMARTS) is 1. The number of hydrogen-bond donors (Lipinski definition) is 1. The average molecular weight is 470 g/mol. The van der Waals surface area contributed by atoms with Crippen molar-refractivity contribution in [1.82, 2.24) is 4.57 Å². The number of nitrogens with zero attached hydrogens (tertiary/aromatic N) is 1. The van der Waals surface area contributed by atoms with E-state index < -0.39 is 22.2 Å². The Morgan fingerprint density at radius 2 is 1.79 bits per heavy atom. The molecule has 0 aliphatic heterocycles. The van der Waals surface area contributed by atoms with Crippen LogP contribution in [0.5, 0.6) is 11.5 Å². The summed E-state index contributed by atoms with van der Waals surface area (Å²) in [7, 11) is -3.64. The smallest absolute Gasteiger partial charge is 0.344 e. The first-order valence-corrected chi connectivity index (χ1v) is 11.8. The molecule has 172 valence electrons. The van der Waals surface area contributed by atoms with Crippen molar-refractivity contribution in [3.63, 3.8) is 0 Å². The van der Waals surface area contributed by atoms with Gasteiger partial charge < -0.3 is 18.6 Å². The van der Waals surface area contributed by atoms with Gasteiger partial charge in [0.25, 0.3) is 0 Å². The largest absolute Gasteiger partial charge is 0.479 e. The molecule has 0 unspecified atom stereocenters. The number of carboxylic acids is 1. The Labute approximate surface area is 191 Å². The number of aromatic nitrogens is 1. The van der Waals surface area contributed by atoms with E-state index in [2.05, 4.69) is 0 Å². The van der Waals surface area contributed by atoms with Gasteiger partial charge in [-0.1, -0.05) is 24.3 Å². The predicted molar refractivity (Wildman–Crippen MR) is 123 cm³/mol. The number of carbonyl (C=O) groups excluding carboxylic acids is 1. The van der Waals surface area contributed by atoms with Gasteiger partial charge in [-0.3, -0.25) is 4.79 Å². The summed E-state index contributed by atoms with van der Waals surface area (Å²) in [4.78, 5) is 23.8. The molecule has 3 aromatic rings. The van der Waals surface area contributed by atoms with Gasteiger partial charge in [-0.15, -0.1) is 0 Å². The van der Waals surface area contributed by atoms with Gasteiger partial charge in [0.15, 0.2) is 6.10 Å². The lowest BCUT2D eigenvalue weighted by atomic mass is 10.1. The Hall–Kier alpha value is -3.85. The molecule has 2 aromatic carbocycles. The molecule has 0 aliphatic carbocycles. The molecule has 0 saturated carbocycles. The van der Waals surface area contributed by atoms with Crippen LogP contribution in [0.3, 0.4) is 0 Å². The Kier molecular flexibility index (Phi) is 7.34. The Bertz CT molecular complexity index is 1270. The van der Waals surface area contributed by atoms with E-state index in [1.54, 1.807) is 41.1 Å². The van der Waals surface area contributed by atoms with Crippen molar-refractivity contribution in [3.8, 4) is 11.5 Å². The number of ketones is 1.